The Bertz CT molecular complexity index is 1310. The van der Waals surface area contributed by atoms with Crippen molar-refractivity contribution < 1.29 is 32.1 Å². The quantitative estimate of drug-likeness (QED) is 0.436. The summed E-state index contributed by atoms with van der Waals surface area (Å²) in [6.45, 7) is 1.59. The van der Waals surface area contributed by atoms with Crippen molar-refractivity contribution in [2.75, 3.05) is 13.1 Å². The lowest BCUT2D eigenvalue weighted by Gasteiger charge is -2.36. The number of benzene rings is 2. The van der Waals surface area contributed by atoms with E-state index in [0.717, 1.165) is 5.56 Å². The van der Waals surface area contributed by atoms with Gasteiger partial charge in [-0.1, -0.05) is 64.9 Å². The summed E-state index contributed by atoms with van der Waals surface area (Å²) in [5.41, 5.74) is 0.0671. The summed E-state index contributed by atoms with van der Waals surface area (Å²) < 4.78 is 51.7. The highest BCUT2D eigenvalue weighted by Gasteiger charge is 2.42. The van der Waals surface area contributed by atoms with Gasteiger partial charge in [-0.25, -0.2) is 0 Å². The molecular formula is C23H17F3N4O4. The lowest BCUT2D eigenvalue weighted by Crippen LogP contribution is -2.49. The van der Waals surface area contributed by atoms with Crippen LogP contribution in [0.3, 0.4) is 0 Å². The molecule has 0 radical (unpaired) electrons. The number of carbonyl (C=O) groups is 1. The van der Waals surface area contributed by atoms with Crippen molar-refractivity contribution in [1.29, 1.82) is 0 Å². The fraction of sp³-hybridized carbons (Fsp3) is 0.217. The summed E-state index contributed by atoms with van der Waals surface area (Å²) in [7, 11) is 0. The first-order chi connectivity index (χ1) is 16.3. The molecule has 2 aromatic carbocycles. The predicted molar refractivity (Wildman–Crippen MR) is 112 cm³/mol. The third kappa shape index (κ3) is 4.17. The van der Waals surface area contributed by atoms with E-state index in [2.05, 4.69) is 15.3 Å². The van der Waals surface area contributed by atoms with E-state index in [1.54, 1.807) is 30.3 Å². The van der Waals surface area contributed by atoms with Crippen LogP contribution in [0.1, 0.15) is 11.1 Å². The molecule has 0 bridgehead atoms. The molecule has 5 rings (SSSR count). The molecule has 1 saturated heterocycles. The maximum Gasteiger partial charge on any atom is 0.422 e. The van der Waals surface area contributed by atoms with Gasteiger partial charge in [0.2, 0.25) is 5.82 Å². The highest BCUT2D eigenvalue weighted by molar-refractivity contribution is 5.72. The normalized spacial score (nSPS) is 14.8. The van der Waals surface area contributed by atoms with Crippen LogP contribution in [-0.4, -0.2) is 44.4 Å². The molecule has 174 valence electrons. The van der Waals surface area contributed by atoms with Crippen LogP contribution < -0.4 is 0 Å². The zero-order valence-electron chi connectivity index (χ0n) is 17.5. The average molecular weight is 470 g/mol. The summed E-state index contributed by atoms with van der Waals surface area (Å²) in [5.74, 6) is -1.86. The van der Waals surface area contributed by atoms with Crippen LogP contribution in [0, 0.1) is 5.92 Å². The number of aromatic nitrogens is 3. The van der Waals surface area contributed by atoms with Crippen LogP contribution in [0.4, 0.5) is 13.2 Å². The van der Waals surface area contributed by atoms with Gasteiger partial charge in [0, 0.05) is 30.8 Å². The number of carboxylic acid groups (broad SMARTS) is 1. The molecule has 0 saturated carbocycles. The number of hydrogen-bond donors (Lipinski definition) is 1. The fourth-order valence-corrected chi connectivity index (χ4v) is 3.80. The second-order valence-corrected chi connectivity index (χ2v) is 7.95. The predicted octanol–water partition coefficient (Wildman–Crippen LogP) is 4.59. The van der Waals surface area contributed by atoms with E-state index in [-0.39, 0.29) is 17.3 Å². The third-order valence-corrected chi connectivity index (χ3v) is 5.56. The van der Waals surface area contributed by atoms with Gasteiger partial charge in [0.05, 0.1) is 5.92 Å². The number of likely N-dealkylation sites (tertiary alicyclic amines) is 1. The topological polar surface area (TPSA) is 105 Å². The summed E-state index contributed by atoms with van der Waals surface area (Å²) in [4.78, 5) is 17.0. The molecule has 2 aromatic heterocycles. The van der Waals surface area contributed by atoms with Gasteiger partial charge < -0.3 is 14.2 Å². The molecule has 11 heteroatoms. The van der Waals surface area contributed by atoms with Crippen molar-refractivity contribution >= 4 is 5.97 Å². The van der Waals surface area contributed by atoms with Crippen LogP contribution >= 0.6 is 0 Å². The molecule has 0 unspecified atom stereocenters. The molecule has 3 heterocycles. The van der Waals surface area contributed by atoms with Gasteiger partial charge in [0.25, 0.3) is 5.89 Å². The van der Waals surface area contributed by atoms with Gasteiger partial charge in [-0.15, -0.1) is 0 Å². The van der Waals surface area contributed by atoms with Crippen molar-refractivity contribution in [2.24, 2.45) is 5.92 Å². The molecular weight excluding hydrogens is 453 g/mol. The summed E-state index contributed by atoms with van der Waals surface area (Å²) in [5, 5.41) is 16.3. The molecule has 1 aliphatic heterocycles. The molecule has 34 heavy (non-hydrogen) atoms. The van der Waals surface area contributed by atoms with Crippen molar-refractivity contribution in [1.82, 2.24) is 20.2 Å². The van der Waals surface area contributed by atoms with E-state index in [1.807, 2.05) is 17.0 Å². The molecule has 0 aliphatic carbocycles. The Kier molecular flexibility index (Phi) is 5.40. The average Bonchev–Trinajstić information content (AvgIpc) is 3.44. The van der Waals surface area contributed by atoms with Crippen molar-refractivity contribution in [3.05, 3.63) is 65.7 Å². The minimum Gasteiger partial charge on any atom is -0.481 e. The van der Waals surface area contributed by atoms with E-state index in [1.165, 1.54) is 12.1 Å². The number of carboxylic acids is 1. The van der Waals surface area contributed by atoms with Crippen LogP contribution in [-0.2, 0) is 17.5 Å². The largest absolute Gasteiger partial charge is 0.481 e. The monoisotopic (exact) mass is 470 g/mol. The number of hydrogen-bond acceptors (Lipinski definition) is 7. The highest BCUT2D eigenvalue weighted by atomic mass is 19.4. The van der Waals surface area contributed by atoms with Gasteiger partial charge in [-0.2, -0.15) is 18.2 Å². The second-order valence-electron chi connectivity index (χ2n) is 7.95. The van der Waals surface area contributed by atoms with E-state index in [9.17, 15) is 18.0 Å². The van der Waals surface area contributed by atoms with Crippen LogP contribution in [0.2, 0.25) is 0 Å². The number of rotatable bonds is 6. The zero-order valence-corrected chi connectivity index (χ0v) is 17.5. The van der Waals surface area contributed by atoms with E-state index in [4.69, 9.17) is 14.2 Å². The Balaban J connectivity index is 1.37. The number of aliphatic carboxylic acids is 1. The van der Waals surface area contributed by atoms with E-state index >= 15 is 0 Å². The molecule has 0 spiro atoms. The zero-order chi connectivity index (χ0) is 23.9. The molecule has 0 amide bonds. The maximum atomic E-state index is 13.9. The molecule has 1 aliphatic rings. The molecule has 0 atom stereocenters. The first kappa shape index (κ1) is 21.8. The SMILES string of the molecule is O=C(O)C1CN(Cc2ccc(-c3noc(-c4noc(-c5ccccc5)c4C(F)(F)F)n3)cc2)C1. The molecule has 1 N–H and O–H groups in total. The number of halogens is 3. The van der Waals surface area contributed by atoms with Gasteiger partial charge in [0.15, 0.2) is 11.5 Å². The van der Waals surface area contributed by atoms with E-state index in [0.29, 0.717) is 25.2 Å². The second kappa shape index (κ2) is 8.41. The number of nitrogens with zero attached hydrogens (tertiary/aromatic N) is 4. The van der Waals surface area contributed by atoms with Gasteiger partial charge in [-0.05, 0) is 5.56 Å². The number of alkyl halides is 3. The molecule has 4 aromatic rings. The lowest BCUT2D eigenvalue weighted by atomic mass is 9.99. The lowest BCUT2D eigenvalue weighted by molar-refractivity contribution is -0.147. The smallest absolute Gasteiger partial charge is 0.422 e. The first-order valence-electron chi connectivity index (χ1n) is 10.3. The van der Waals surface area contributed by atoms with Crippen LogP contribution in [0.15, 0.2) is 63.6 Å². The van der Waals surface area contributed by atoms with Crippen LogP contribution in [0.25, 0.3) is 34.3 Å². The first-order valence-corrected chi connectivity index (χ1v) is 10.3. The Hall–Kier alpha value is -3.99. The van der Waals surface area contributed by atoms with Crippen molar-refractivity contribution in [3.8, 4) is 34.3 Å². The standard InChI is InChI=1S/C23H17F3N4O4/c24-23(25,26)17-18(28-33-19(17)14-4-2-1-3-5-14)21-27-20(29-34-21)15-8-6-13(7-9-15)10-30-11-16(12-30)22(31)32/h1-9,16H,10-12H2,(H,31,32). The van der Waals surface area contributed by atoms with Crippen LogP contribution in [0.5, 0.6) is 0 Å². The third-order valence-electron chi connectivity index (χ3n) is 5.56. The maximum absolute atomic E-state index is 13.9. The van der Waals surface area contributed by atoms with Crippen molar-refractivity contribution in [3.63, 3.8) is 0 Å². The highest BCUT2D eigenvalue weighted by Crippen LogP contribution is 2.43. The summed E-state index contributed by atoms with van der Waals surface area (Å²) in [6, 6.07) is 14.9. The Morgan fingerprint density at radius 1 is 1.00 bits per heavy atom. The Morgan fingerprint density at radius 3 is 2.35 bits per heavy atom. The summed E-state index contributed by atoms with van der Waals surface area (Å²) >= 11 is 0. The molecule has 1 fully saturated rings. The minimum absolute atomic E-state index is 0.105. The minimum atomic E-state index is -4.76. The molecule has 8 nitrogen and oxygen atoms in total. The fourth-order valence-electron chi connectivity index (χ4n) is 3.80. The van der Waals surface area contributed by atoms with Gasteiger partial charge >= 0.3 is 12.1 Å². The summed E-state index contributed by atoms with van der Waals surface area (Å²) in [6.07, 6.45) is -4.76. The van der Waals surface area contributed by atoms with E-state index < -0.39 is 35.1 Å². The van der Waals surface area contributed by atoms with Crippen molar-refractivity contribution in [2.45, 2.75) is 12.7 Å². The van der Waals surface area contributed by atoms with Gasteiger partial charge in [0.1, 0.15) is 5.56 Å². The van der Waals surface area contributed by atoms with Gasteiger partial charge in [-0.3, -0.25) is 9.69 Å². The Morgan fingerprint density at radius 2 is 1.71 bits per heavy atom. The Labute approximate surface area is 190 Å².